The van der Waals surface area contributed by atoms with E-state index in [-0.39, 0.29) is 11.8 Å². The fraction of sp³-hybridized carbons (Fsp3) is 0.222. The third-order valence-corrected chi connectivity index (χ3v) is 5.52. The van der Waals surface area contributed by atoms with Gasteiger partial charge in [-0.15, -0.1) is 11.3 Å². The molecule has 0 atom stereocenters. The average Bonchev–Trinajstić information content (AvgIpc) is 3.15. The summed E-state index contributed by atoms with van der Waals surface area (Å²) in [6.45, 7) is 2.08. The fourth-order valence-electron chi connectivity index (χ4n) is 2.62. The highest BCUT2D eigenvalue weighted by Gasteiger charge is 2.24. The van der Waals surface area contributed by atoms with Gasteiger partial charge in [0, 0.05) is 47.9 Å². The normalized spacial score (nSPS) is 15.0. The number of hydrogen-bond acceptors (Lipinski definition) is 3. The lowest BCUT2D eigenvalue weighted by molar-refractivity contribution is -0.127. The van der Waals surface area contributed by atoms with Crippen LogP contribution in [-0.4, -0.2) is 47.8 Å². The molecule has 1 aliphatic heterocycles. The maximum Gasteiger partial charge on any atom is 0.264 e. The van der Waals surface area contributed by atoms with Gasteiger partial charge in [0.15, 0.2) is 0 Å². The molecule has 3 rings (SSSR count). The molecule has 0 aliphatic carbocycles. The van der Waals surface area contributed by atoms with E-state index >= 15 is 0 Å². The van der Waals surface area contributed by atoms with E-state index in [0.717, 1.165) is 4.88 Å². The molecule has 1 aromatic carbocycles. The minimum absolute atomic E-state index is 0.0282. The Labute approximate surface area is 160 Å². The highest BCUT2D eigenvalue weighted by molar-refractivity contribution is 7.12. The van der Waals surface area contributed by atoms with Gasteiger partial charge in [-0.25, -0.2) is 0 Å². The van der Waals surface area contributed by atoms with Crippen LogP contribution in [0.5, 0.6) is 0 Å². The summed E-state index contributed by atoms with van der Waals surface area (Å²) in [4.78, 5) is 28.9. The molecular weight excluding hydrogens is 379 g/mol. The van der Waals surface area contributed by atoms with Crippen LogP contribution in [-0.2, 0) is 4.79 Å². The molecule has 0 saturated carbocycles. The number of halogens is 2. The Balaban J connectivity index is 1.58. The molecule has 0 spiro atoms. The van der Waals surface area contributed by atoms with Crippen LogP contribution in [0.15, 0.2) is 41.8 Å². The van der Waals surface area contributed by atoms with Crippen molar-refractivity contribution in [1.29, 1.82) is 0 Å². The van der Waals surface area contributed by atoms with E-state index in [4.69, 9.17) is 23.2 Å². The molecule has 2 aromatic rings. The van der Waals surface area contributed by atoms with Gasteiger partial charge in [0.2, 0.25) is 5.91 Å². The monoisotopic (exact) mass is 394 g/mol. The first-order chi connectivity index (χ1) is 12.1. The van der Waals surface area contributed by atoms with Gasteiger partial charge in [0.25, 0.3) is 5.91 Å². The number of carbonyl (C=O) groups excluding carboxylic acids is 2. The average molecular weight is 395 g/mol. The zero-order valence-corrected chi connectivity index (χ0v) is 15.7. The molecule has 25 heavy (non-hydrogen) atoms. The van der Waals surface area contributed by atoms with Crippen LogP contribution in [0.25, 0.3) is 6.08 Å². The Bertz CT molecular complexity index is 777. The number of hydrogen-bond donors (Lipinski definition) is 0. The minimum Gasteiger partial charge on any atom is -0.336 e. The summed E-state index contributed by atoms with van der Waals surface area (Å²) in [5.41, 5.74) is 0.630. The predicted octanol–water partition coefficient (Wildman–Crippen LogP) is 4.05. The van der Waals surface area contributed by atoms with Crippen LogP contribution >= 0.6 is 34.5 Å². The topological polar surface area (TPSA) is 40.6 Å². The van der Waals surface area contributed by atoms with E-state index in [0.29, 0.717) is 41.8 Å². The molecule has 1 fully saturated rings. The quantitative estimate of drug-likeness (QED) is 0.736. The van der Waals surface area contributed by atoms with E-state index in [9.17, 15) is 9.59 Å². The van der Waals surface area contributed by atoms with Crippen molar-refractivity contribution in [2.24, 2.45) is 0 Å². The van der Waals surface area contributed by atoms with E-state index in [1.165, 1.54) is 17.4 Å². The number of rotatable bonds is 3. The van der Waals surface area contributed by atoms with Crippen molar-refractivity contribution in [3.05, 3.63) is 62.3 Å². The maximum absolute atomic E-state index is 12.4. The summed E-state index contributed by atoms with van der Waals surface area (Å²) < 4.78 is 0. The number of thiophene rings is 1. The first kappa shape index (κ1) is 18.0. The summed E-state index contributed by atoms with van der Waals surface area (Å²) >= 11 is 13.6. The van der Waals surface area contributed by atoms with Crippen molar-refractivity contribution in [2.45, 2.75) is 0 Å². The first-order valence-corrected chi connectivity index (χ1v) is 9.43. The highest BCUT2D eigenvalue weighted by atomic mass is 35.5. The molecule has 0 unspecified atom stereocenters. The standard InChI is InChI=1S/C18H16Cl2N2O2S/c19-14-3-1-4-15(20)13(14)6-7-17(23)21-8-10-22(11-9-21)18(24)16-5-2-12-25-16/h1-7,12H,8-11H2/b7-6+. The van der Waals surface area contributed by atoms with Crippen molar-refractivity contribution < 1.29 is 9.59 Å². The number of piperazine rings is 1. The molecule has 0 bridgehead atoms. The van der Waals surface area contributed by atoms with Crippen LogP contribution in [0.4, 0.5) is 0 Å². The van der Waals surface area contributed by atoms with E-state index in [1.54, 1.807) is 34.1 Å². The van der Waals surface area contributed by atoms with Gasteiger partial charge in [-0.3, -0.25) is 9.59 Å². The Morgan fingerprint density at radius 1 is 0.960 bits per heavy atom. The van der Waals surface area contributed by atoms with Crippen molar-refractivity contribution in [3.63, 3.8) is 0 Å². The second-order valence-electron chi connectivity index (χ2n) is 5.56. The van der Waals surface area contributed by atoms with Crippen molar-refractivity contribution in [1.82, 2.24) is 9.80 Å². The molecule has 1 saturated heterocycles. The molecule has 1 aromatic heterocycles. The van der Waals surface area contributed by atoms with Crippen LogP contribution < -0.4 is 0 Å². The molecule has 1 aliphatic rings. The smallest absolute Gasteiger partial charge is 0.264 e. The lowest BCUT2D eigenvalue weighted by Gasteiger charge is -2.34. The number of carbonyl (C=O) groups is 2. The Hall–Kier alpha value is -1.82. The lowest BCUT2D eigenvalue weighted by Crippen LogP contribution is -2.50. The van der Waals surface area contributed by atoms with Gasteiger partial charge < -0.3 is 9.80 Å². The second kappa shape index (κ2) is 8.04. The highest BCUT2D eigenvalue weighted by Crippen LogP contribution is 2.25. The summed E-state index contributed by atoms with van der Waals surface area (Å²) in [5, 5.41) is 2.89. The predicted molar refractivity (Wildman–Crippen MR) is 102 cm³/mol. The van der Waals surface area contributed by atoms with Gasteiger partial charge >= 0.3 is 0 Å². The van der Waals surface area contributed by atoms with Gasteiger partial charge in [0.05, 0.1) is 4.88 Å². The third kappa shape index (κ3) is 4.24. The number of benzene rings is 1. The summed E-state index contributed by atoms with van der Waals surface area (Å²) in [7, 11) is 0. The molecule has 130 valence electrons. The van der Waals surface area contributed by atoms with Crippen LogP contribution in [0, 0.1) is 0 Å². The molecular formula is C18H16Cl2N2O2S. The zero-order chi connectivity index (χ0) is 17.8. The maximum atomic E-state index is 12.4. The molecule has 4 nitrogen and oxygen atoms in total. The largest absolute Gasteiger partial charge is 0.336 e. The first-order valence-electron chi connectivity index (χ1n) is 7.80. The summed E-state index contributed by atoms with van der Waals surface area (Å²) in [5.74, 6) is -0.0836. The Morgan fingerprint density at radius 3 is 2.20 bits per heavy atom. The lowest BCUT2D eigenvalue weighted by atomic mass is 10.2. The molecule has 2 heterocycles. The molecule has 2 amide bonds. The fourth-order valence-corrected chi connectivity index (χ4v) is 3.83. The van der Waals surface area contributed by atoms with Gasteiger partial charge in [-0.1, -0.05) is 35.3 Å². The summed E-state index contributed by atoms with van der Waals surface area (Å²) in [6.07, 6.45) is 3.11. The minimum atomic E-state index is -0.112. The van der Waals surface area contributed by atoms with Crippen LogP contribution in [0.3, 0.4) is 0 Å². The van der Waals surface area contributed by atoms with Crippen LogP contribution in [0.1, 0.15) is 15.2 Å². The van der Waals surface area contributed by atoms with Gasteiger partial charge in [-0.2, -0.15) is 0 Å². The van der Waals surface area contributed by atoms with Gasteiger partial charge in [0.1, 0.15) is 0 Å². The molecule has 7 heteroatoms. The van der Waals surface area contributed by atoms with E-state index in [1.807, 2.05) is 17.5 Å². The molecule has 0 N–H and O–H groups in total. The zero-order valence-electron chi connectivity index (χ0n) is 13.3. The number of nitrogens with zero attached hydrogens (tertiary/aromatic N) is 2. The Kier molecular flexibility index (Phi) is 5.78. The van der Waals surface area contributed by atoms with Crippen LogP contribution in [0.2, 0.25) is 10.0 Å². The molecule has 0 radical (unpaired) electrons. The second-order valence-corrected chi connectivity index (χ2v) is 7.33. The van der Waals surface area contributed by atoms with Gasteiger partial charge in [-0.05, 0) is 29.7 Å². The Morgan fingerprint density at radius 2 is 1.60 bits per heavy atom. The number of amides is 2. The van der Waals surface area contributed by atoms with Crippen molar-refractivity contribution in [2.75, 3.05) is 26.2 Å². The van der Waals surface area contributed by atoms with Crippen molar-refractivity contribution >= 4 is 52.4 Å². The SMILES string of the molecule is O=C(/C=C/c1c(Cl)cccc1Cl)N1CCN(C(=O)c2cccs2)CC1. The van der Waals surface area contributed by atoms with E-state index < -0.39 is 0 Å². The summed E-state index contributed by atoms with van der Waals surface area (Å²) in [6, 6.07) is 8.90. The van der Waals surface area contributed by atoms with Crippen molar-refractivity contribution in [3.8, 4) is 0 Å². The third-order valence-electron chi connectivity index (χ3n) is 4.00. The van der Waals surface area contributed by atoms with E-state index in [2.05, 4.69) is 0 Å².